The third-order valence-corrected chi connectivity index (χ3v) is 2.98. The first-order valence-electron chi connectivity index (χ1n) is 7.01. The van der Waals surface area contributed by atoms with E-state index in [2.05, 4.69) is 32.2 Å². The average molecular weight is 241 g/mol. The molecule has 1 aliphatic heterocycles. The average Bonchev–Trinajstić information content (AvgIpc) is 2.84. The molecular weight excluding hydrogens is 214 g/mol. The minimum absolute atomic E-state index is 0.234. The van der Waals surface area contributed by atoms with Crippen molar-refractivity contribution in [3.05, 3.63) is 11.8 Å². The fraction of sp³-hybridized carbons (Fsp3) is 0.857. The van der Waals surface area contributed by atoms with Gasteiger partial charge in [0.1, 0.15) is 5.76 Å². The number of nitrogens with one attached hydrogen (secondary N) is 1. The molecule has 3 nitrogen and oxygen atoms in total. The molecule has 0 bridgehead atoms. The Morgan fingerprint density at radius 1 is 1.35 bits per heavy atom. The first-order valence-corrected chi connectivity index (χ1v) is 7.01. The molecule has 0 saturated carbocycles. The second-order valence-electron chi connectivity index (χ2n) is 4.46. The summed E-state index contributed by atoms with van der Waals surface area (Å²) in [5.74, 6) is 1.09. The van der Waals surface area contributed by atoms with Gasteiger partial charge in [-0.05, 0) is 32.4 Å². The second-order valence-corrected chi connectivity index (χ2v) is 4.46. The Morgan fingerprint density at radius 3 is 2.71 bits per heavy atom. The topological polar surface area (TPSA) is 30.5 Å². The van der Waals surface area contributed by atoms with Crippen molar-refractivity contribution in [2.45, 2.75) is 58.6 Å². The molecule has 0 aromatic rings. The van der Waals surface area contributed by atoms with E-state index < -0.39 is 0 Å². The van der Waals surface area contributed by atoms with Gasteiger partial charge in [-0.15, -0.1) is 0 Å². The predicted molar refractivity (Wildman–Crippen MR) is 71.1 cm³/mol. The van der Waals surface area contributed by atoms with Crippen LogP contribution in [0.3, 0.4) is 0 Å². The summed E-state index contributed by atoms with van der Waals surface area (Å²) in [6.07, 6.45) is 6.83. The van der Waals surface area contributed by atoms with Crippen molar-refractivity contribution in [2.75, 3.05) is 19.8 Å². The second kappa shape index (κ2) is 8.54. The Balaban J connectivity index is 2.63. The summed E-state index contributed by atoms with van der Waals surface area (Å²) in [5.41, 5.74) is 0. The molecule has 1 rings (SSSR count). The van der Waals surface area contributed by atoms with Gasteiger partial charge in [-0.2, -0.15) is 0 Å². The van der Waals surface area contributed by atoms with Gasteiger partial charge in [0.15, 0.2) is 0 Å². The fourth-order valence-electron chi connectivity index (χ4n) is 2.21. The van der Waals surface area contributed by atoms with E-state index in [9.17, 15) is 0 Å². The van der Waals surface area contributed by atoms with E-state index >= 15 is 0 Å². The van der Waals surface area contributed by atoms with Crippen LogP contribution in [0.1, 0.15) is 46.5 Å². The lowest BCUT2D eigenvalue weighted by Gasteiger charge is -2.28. The molecular formula is C14H27NO2. The molecule has 0 aliphatic carbocycles. The highest BCUT2D eigenvalue weighted by atomic mass is 16.5. The quantitative estimate of drug-likeness (QED) is 0.673. The van der Waals surface area contributed by atoms with Crippen LogP contribution < -0.4 is 5.32 Å². The van der Waals surface area contributed by atoms with E-state index in [1.54, 1.807) is 0 Å². The molecule has 0 saturated heterocycles. The van der Waals surface area contributed by atoms with Crippen molar-refractivity contribution < 1.29 is 9.47 Å². The lowest BCUT2D eigenvalue weighted by molar-refractivity contribution is 0.0227. The smallest absolute Gasteiger partial charge is 0.112 e. The van der Waals surface area contributed by atoms with E-state index in [4.69, 9.17) is 9.47 Å². The maximum Gasteiger partial charge on any atom is 0.112 e. The lowest BCUT2D eigenvalue weighted by Crippen LogP contribution is -2.43. The monoisotopic (exact) mass is 241 g/mol. The van der Waals surface area contributed by atoms with Crippen LogP contribution >= 0.6 is 0 Å². The predicted octanol–water partition coefficient (Wildman–Crippen LogP) is 2.86. The molecule has 17 heavy (non-hydrogen) atoms. The summed E-state index contributed by atoms with van der Waals surface area (Å²) in [6, 6.07) is 0.234. The third-order valence-electron chi connectivity index (χ3n) is 2.98. The van der Waals surface area contributed by atoms with E-state index in [0.717, 1.165) is 51.2 Å². The molecule has 0 aromatic heterocycles. The largest absolute Gasteiger partial charge is 0.496 e. The SMILES string of the molecule is CCCNC(C1=CCCO1)C(CCC)OCC. The Morgan fingerprint density at radius 2 is 2.18 bits per heavy atom. The lowest BCUT2D eigenvalue weighted by atomic mass is 10.0. The normalized spacial score (nSPS) is 18.6. The molecule has 0 spiro atoms. The zero-order chi connectivity index (χ0) is 12.5. The van der Waals surface area contributed by atoms with Crippen molar-refractivity contribution in [1.82, 2.24) is 5.32 Å². The standard InChI is InChI=1S/C14H27NO2/c1-4-8-12(16-6-3)14(15-10-5-2)13-9-7-11-17-13/h9,12,14-15H,4-8,10-11H2,1-3H3. The Hall–Kier alpha value is -0.540. The van der Waals surface area contributed by atoms with E-state index in [-0.39, 0.29) is 12.1 Å². The van der Waals surface area contributed by atoms with Gasteiger partial charge < -0.3 is 14.8 Å². The molecule has 0 radical (unpaired) electrons. The van der Waals surface area contributed by atoms with Gasteiger partial charge in [-0.1, -0.05) is 20.3 Å². The van der Waals surface area contributed by atoms with Crippen LogP contribution in [0.4, 0.5) is 0 Å². The van der Waals surface area contributed by atoms with Crippen LogP contribution in [0, 0.1) is 0 Å². The Bertz CT molecular complexity index is 222. The zero-order valence-electron chi connectivity index (χ0n) is 11.5. The van der Waals surface area contributed by atoms with Crippen molar-refractivity contribution in [3.63, 3.8) is 0 Å². The highest BCUT2D eigenvalue weighted by Gasteiger charge is 2.27. The molecule has 0 aromatic carbocycles. The number of rotatable bonds is 9. The van der Waals surface area contributed by atoms with Crippen LogP contribution in [0.2, 0.25) is 0 Å². The van der Waals surface area contributed by atoms with Gasteiger partial charge in [0.05, 0.1) is 18.8 Å². The minimum Gasteiger partial charge on any atom is -0.496 e. The first kappa shape index (κ1) is 14.5. The highest BCUT2D eigenvalue weighted by molar-refractivity contribution is 5.10. The zero-order valence-corrected chi connectivity index (χ0v) is 11.5. The van der Waals surface area contributed by atoms with Gasteiger partial charge in [0, 0.05) is 13.0 Å². The van der Waals surface area contributed by atoms with Crippen LogP contribution in [-0.2, 0) is 9.47 Å². The molecule has 1 N–H and O–H groups in total. The first-order chi connectivity index (χ1) is 8.33. The number of hydrogen-bond donors (Lipinski definition) is 1. The number of hydrogen-bond acceptors (Lipinski definition) is 3. The molecule has 3 heteroatoms. The van der Waals surface area contributed by atoms with Gasteiger partial charge in [0.25, 0.3) is 0 Å². The van der Waals surface area contributed by atoms with Crippen LogP contribution in [0.15, 0.2) is 11.8 Å². The molecule has 2 atom stereocenters. The summed E-state index contributed by atoms with van der Waals surface area (Å²) in [4.78, 5) is 0. The summed E-state index contributed by atoms with van der Waals surface area (Å²) in [7, 11) is 0. The van der Waals surface area contributed by atoms with E-state index in [1.165, 1.54) is 0 Å². The van der Waals surface area contributed by atoms with E-state index in [0.29, 0.717) is 0 Å². The molecule has 1 heterocycles. The van der Waals surface area contributed by atoms with Crippen LogP contribution in [0.5, 0.6) is 0 Å². The van der Waals surface area contributed by atoms with Crippen molar-refractivity contribution in [1.29, 1.82) is 0 Å². The molecule has 0 fully saturated rings. The summed E-state index contributed by atoms with van der Waals surface area (Å²) < 4.78 is 11.6. The maximum atomic E-state index is 5.87. The maximum absolute atomic E-state index is 5.87. The molecule has 0 amide bonds. The van der Waals surface area contributed by atoms with Gasteiger partial charge in [-0.3, -0.25) is 0 Å². The highest BCUT2D eigenvalue weighted by Crippen LogP contribution is 2.20. The van der Waals surface area contributed by atoms with Gasteiger partial charge >= 0.3 is 0 Å². The van der Waals surface area contributed by atoms with E-state index in [1.807, 2.05) is 0 Å². The van der Waals surface area contributed by atoms with Crippen molar-refractivity contribution in [2.24, 2.45) is 0 Å². The molecule has 100 valence electrons. The summed E-state index contributed by atoms with van der Waals surface area (Å²) >= 11 is 0. The Kier molecular flexibility index (Phi) is 7.29. The van der Waals surface area contributed by atoms with Crippen molar-refractivity contribution in [3.8, 4) is 0 Å². The Labute approximate surface area is 106 Å². The molecule has 2 unspecified atom stereocenters. The molecule has 1 aliphatic rings. The van der Waals surface area contributed by atoms with Gasteiger partial charge in [0.2, 0.25) is 0 Å². The van der Waals surface area contributed by atoms with Gasteiger partial charge in [-0.25, -0.2) is 0 Å². The van der Waals surface area contributed by atoms with Crippen LogP contribution in [-0.4, -0.2) is 31.9 Å². The number of ether oxygens (including phenoxy) is 2. The third kappa shape index (κ3) is 4.68. The van der Waals surface area contributed by atoms with Crippen molar-refractivity contribution >= 4 is 0 Å². The van der Waals surface area contributed by atoms with Crippen LogP contribution in [0.25, 0.3) is 0 Å². The summed E-state index contributed by atoms with van der Waals surface area (Å²) in [5, 5.41) is 3.56. The summed E-state index contributed by atoms with van der Waals surface area (Å²) in [6.45, 7) is 9.05. The minimum atomic E-state index is 0.234. The fourth-order valence-corrected chi connectivity index (χ4v) is 2.21.